The predicted molar refractivity (Wildman–Crippen MR) is 79.4 cm³/mol. The highest BCUT2D eigenvalue weighted by molar-refractivity contribution is 6.08. The minimum atomic E-state index is -0.388. The molecule has 0 bridgehead atoms. The van der Waals surface area contributed by atoms with E-state index in [-0.39, 0.29) is 28.6 Å². The number of carbonyl (C=O) groups is 1. The number of aromatic hydroxyl groups is 3. The van der Waals surface area contributed by atoms with Crippen molar-refractivity contribution in [1.29, 1.82) is 0 Å². The zero-order chi connectivity index (χ0) is 15.8. The average Bonchev–Trinajstić information content (AvgIpc) is 2.47. The third-order valence-electron chi connectivity index (χ3n) is 2.54. The van der Waals surface area contributed by atoms with E-state index in [0.29, 0.717) is 5.56 Å². The molecule has 4 N–H and O–H groups in total. The van der Waals surface area contributed by atoms with Gasteiger partial charge in [-0.15, -0.1) is 0 Å². The highest BCUT2D eigenvalue weighted by Crippen LogP contribution is 2.23. The largest absolute Gasteiger partial charge is 0.508 e. The van der Waals surface area contributed by atoms with E-state index in [0.717, 1.165) is 13.2 Å². The van der Waals surface area contributed by atoms with Crippen LogP contribution in [0.4, 0.5) is 0 Å². The van der Waals surface area contributed by atoms with Crippen LogP contribution in [0.1, 0.15) is 15.9 Å². The molecule has 2 rings (SSSR count). The van der Waals surface area contributed by atoms with Gasteiger partial charge in [0.05, 0.1) is 5.56 Å². The molecule has 0 fully saturated rings. The van der Waals surface area contributed by atoms with Gasteiger partial charge in [0.15, 0.2) is 5.78 Å². The summed E-state index contributed by atoms with van der Waals surface area (Å²) in [4.78, 5) is 11.8. The van der Waals surface area contributed by atoms with Crippen LogP contribution in [-0.4, -0.2) is 33.3 Å². The van der Waals surface area contributed by atoms with Crippen LogP contribution in [0, 0.1) is 0 Å². The van der Waals surface area contributed by atoms with Crippen molar-refractivity contribution in [1.82, 2.24) is 0 Å². The van der Waals surface area contributed by atoms with E-state index in [2.05, 4.69) is 0 Å². The summed E-state index contributed by atoms with van der Waals surface area (Å²) >= 11 is 0. The molecule has 0 aliphatic heterocycles. The lowest BCUT2D eigenvalue weighted by molar-refractivity contribution is 0.104. The molecule has 110 valence electrons. The van der Waals surface area contributed by atoms with Crippen molar-refractivity contribution in [2.24, 2.45) is 0 Å². The molecule has 2 aromatic carbocycles. The molecular weight excluding hydrogens is 272 g/mol. The van der Waals surface area contributed by atoms with Gasteiger partial charge in [-0.2, -0.15) is 0 Å². The molecule has 0 heterocycles. The SMILES string of the molecule is CO.O=C(/C=C/c1cccc(O)c1)c1ccc(O)cc1O. The molecule has 5 heteroatoms. The Hall–Kier alpha value is -2.79. The Morgan fingerprint density at radius 1 is 0.952 bits per heavy atom. The lowest BCUT2D eigenvalue weighted by Crippen LogP contribution is -1.94. The first-order valence-electron chi connectivity index (χ1n) is 6.04. The zero-order valence-corrected chi connectivity index (χ0v) is 11.4. The normalized spacial score (nSPS) is 10.0. The van der Waals surface area contributed by atoms with Crippen molar-refractivity contribution in [2.75, 3.05) is 7.11 Å². The number of carbonyl (C=O) groups excluding carboxylic acids is 1. The van der Waals surface area contributed by atoms with Crippen LogP contribution in [0.5, 0.6) is 17.2 Å². The van der Waals surface area contributed by atoms with Crippen LogP contribution < -0.4 is 0 Å². The van der Waals surface area contributed by atoms with Crippen LogP contribution in [0.25, 0.3) is 6.08 Å². The molecule has 5 nitrogen and oxygen atoms in total. The van der Waals surface area contributed by atoms with Gasteiger partial charge in [0, 0.05) is 13.2 Å². The molecule has 0 spiro atoms. The molecule has 21 heavy (non-hydrogen) atoms. The lowest BCUT2D eigenvalue weighted by Gasteiger charge is -2.01. The fourth-order valence-electron chi connectivity index (χ4n) is 1.62. The molecule has 0 amide bonds. The minimum Gasteiger partial charge on any atom is -0.508 e. The summed E-state index contributed by atoms with van der Waals surface area (Å²) in [5, 5.41) is 35.0. The van der Waals surface area contributed by atoms with Crippen molar-refractivity contribution in [2.45, 2.75) is 0 Å². The molecule has 0 aromatic heterocycles. The van der Waals surface area contributed by atoms with Crippen molar-refractivity contribution >= 4 is 11.9 Å². The number of benzene rings is 2. The molecule has 0 aliphatic rings. The number of ketones is 1. The number of rotatable bonds is 3. The molecule has 0 unspecified atom stereocenters. The first-order valence-corrected chi connectivity index (χ1v) is 6.04. The fraction of sp³-hybridized carbons (Fsp3) is 0.0625. The Kier molecular flexibility index (Phi) is 5.98. The summed E-state index contributed by atoms with van der Waals surface area (Å²) in [5.74, 6) is -0.653. The molecule has 0 saturated heterocycles. The maximum absolute atomic E-state index is 11.8. The highest BCUT2D eigenvalue weighted by atomic mass is 16.3. The van der Waals surface area contributed by atoms with Crippen molar-refractivity contribution < 1.29 is 25.2 Å². The quantitative estimate of drug-likeness (QED) is 0.513. The van der Waals surface area contributed by atoms with Gasteiger partial charge < -0.3 is 20.4 Å². The summed E-state index contributed by atoms with van der Waals surface area (Å²) in [7, 11) is 1.00. The Morgan fingerprint density at radius 3 is 2.24 bits per heavy atom. The van der Waals surface area contributed by atoms with Crippen molar-refractivity contribution in [3.8, 4) is 17.2 Å². The monoisotopic (exact) mass is 288 g/mol. The van der Waals surface area contributed by atoms with Gasteiger partial charge in [-0.1, -0.05) is 18.2 Å². The summed E-state index contributed by atoms with van der Waals surface area (Å²) in [6.07, 6.45) is 2.83. The van der Waals surface area contributed by atoms with E-state index in [9.17, 15) is 15.0 Å². The van der Waals surface area contributed by atoms with Gasteiger partial charge in [0.2, 0.25) is 0 Å². The maximum atomic E-state index is 11.8. The third-order valence-corrected chi connectivity index (χ3v) is 2.54. The van der Waals surface area contributed by atoms with E-state index in [1.807, 2.05) is 0 Å². The maximum Gasteiger partial charge on any atom is 0.189 e. The Labute approximate surface area is 122 Å². The predicted octanol–water partition coefficient (Wildman–Crippen LogP) is 2.31. The topological polar surface area (TPSA) is 98.0 Å². The second kappa shape index (κ2) is 7.72. The average molecular weight is 288 g/mol. The molecule has 2 aromatic rings. The van der Waals surface area contributed by atoms with E-state index in [4.69, 9.17) is 10.2 Å². The molecule has 0 radical (unpaired) electrons. The highest BCUT2D eigenvalue weighted by Gasteiger charge is 2.08. The van der Waals surface area contributed by atoms with Gasteiger partial charge in [-0.25, -0.2) is 0 Å². The van der Waals surface area contributed by atoms with Gasteiger partial charge in [-0.05, 0) is 35.9 Å². The number of hydrogen-bond acceptors (Lipinski definition) is 5. The van der Waals surface area contributed by atoms with Crippen LogP contribution in [0.3, 0.4) is 0 Å². The first kappa shape index (κ1) is 16.3. The Balaban J connectivity index is 0.00000106. The minimum absolute atomic E-state index is 0.106. The number of phenolic OH excluding ortho intramolecular Hbond substituents is 3. The standard InChI is InChI=1S/C15H12O4.CH4O/c16-11-3-1-2-10(8-11)4-7-14(18)13-6-5-12(17)9-15(13)19;1-2/h1-9,16-17,19H;2H,1H3/b7-4+;. The molecule has 0 atom stereocenters. The fourth-order valence-corrected chi connectivity index (χ4v) is 1.62. The van der Waals surface area contributed by atoms with E-state index in [1.54, 1.807) is 12.1 Å². The van der Waals surface area contributed by atoms with E-state index >= 15 is 0 Å². The number of phenols is 3. The number of hydrogen-bond donors (Lipinski definition) is 4. The number of allylic oxidation sites excluding steroid dienone is 1. The van der Waals surface area contributed by atoms with E-state index < -0.39 is 0 Å². The summed E-state index contributed by atoms with van der Waals surface area (Å²) in [6, 6.07) is 10.2. The van der Waals surface area contributed by atoms with Crippen LogP contribution in [0.2, 0.25) is 0 Å². The van der Waals surface area contributed by atoms with Crippen LogP contribution in [0.15, 0.2) is 48.5 Å². The van der Waals surface area contributed by atoms with Crippen molar-refractivity contribution in [3.05, 3.63) is 59.7 Å². The Morgan fingerprint density at radius 2 is 1.62 bits per heavy atom. The molecular formula is C16H16O5. The second-order valence-corrected chi connectivity index (χ2v) is 3.99. The Bertz CT molecular complexity index is 647. The van der Waals surface area contributed by atoms with Gasteiger partial charge >= 0.3 is 0 Å². The summed E-state index contributed by atoms with van der Waals surface area (Å²) in [6.45, 7) is 0. The lowest BCUT2D eigenvalue weighted by atomic mass is 10.1. The summed E-state index contributed by atoms with van der Waals surface area (Å²) in [5.41, 5.74) is 0.779. The molecule has 0 aliphatic carbocycles. The zero-order valence-electron chi connectivity index (χ0n) is 11.4. The van der Waals surface area contributed by atoms with E-state index in [1.165, 1.54) is 36.4 Å². The molecule has 0 saturated carbocycles. The second-order valence-electron chi connectivity index (χ2n) is 3.99. The number of aliphatic hydroxyl groups excluding tert-OH is 1. The third kappa shape index (κ3) is 4.67. The first-order chi connectivity index (χ1) is 10.1. The number of aliphatic hydroxyl groups is 1. The van der Waals surface area contributed by atoms with Crippen LogP contribution in [-0.2, 0) is 0 Å². The van der Waals surface area contributed by atoms with Gasteiger partial charge in [0.25, 0.3) is 0 Å². The smallest absolute Gasteiger partial charge is 0.189 e. The van der Waals surface area contributed by atoms with Gasteiger partial charge in [-0.3, -0.25) is 4.79 Å². The summed E-state index contributed by atoms with van der Waals surface area (Å²) < 4.78 is 0. The van der Waals surface area contributed by atoms with Crippen molar-refractivity contribution in [3.63, 3.8) is 0 Å². The van der Waals surface area contributed by atoms with Gasteiger partial charge in [0.1, 0.15) is 17.2 Å². The van der Waals surface area contributed by atoms with Crippen LogP contribution >= 0.6 is 0 Å².